The van der Waals surface area contributed by atoms with E-state index in [2.05, 4.69) is 15.3 Å². The lowest BCUT2D eigenvalue weighted by atomic mass is 10.1. The van der Waals surface area contributed by atoms with Gasteiger partial charge in [-0.25, -0.2) is 9.97 Å². The van der Waals surface area contributed by atoms with Crippen LogP contribution in [0.25, 0.3) is 0 Å². The SMILES string of the molecule is N[C@@H](CCCCNC(=S)c1cncnc1SC(=O)CCC(=O)O)C(=O)O. The van der Waals surface area contributed by atoms with Crippen LogP contribution in [0.4, 0.5) is 0 Å². The molecule has 142 valence electrons. The first-order valence-electron chi connectivity index (χ1n) is 7.80. The molecular weight excluding hydrogens is 380 g/mol. The summed E-state index contributed by atoms with van der Waals surface area (Å²) in [6.45, 7) is 0.511. The zero-order valence-corrected chi connectivity index (χ0v) is 15.5. The Morgan fingerprint density at radius 2 is 2.00 bits per heavy atom. The quantitative estimate of drug-likeness (QED) is 0.180. The number of aliphatic carboxylic acids is 2. The number of hydrogen-bond acceptors (Lipinski definition) is 8. The topological polar surface area (TPSA) is 156 Å². The Kier molecular flexibility index (Phi) is 9.70. The van der Waals surface area contributed by atoms with Crippen LogP contribution in [-0.4, -0.2) is 54.8 Å². The molecule has 0 unspecified atom stereocenters. The Morgan fingerprint density at radius 1 is 1.27 bits per heavy atom. The highest BCUT2D eigenvalue weighted by molar-refractivity contribution is 8.13. The lowest BCUT2D eigenvalue weighted by Crippen LogP contribution is -2.30. The second-order valence-corrected chi connectivity index (χ2v) is 6.76. The third kappa shape index (κ3) is 8.32. The van der Waals surface area contributed by atoms with Crippen molar-refractivity contribution >= 4 is 46.0 Å². The number of hydrogen-bond donors (Lipinski definition) is 4. The fraction of sp³-hybridized carbons (Fsp3) is 0.467. The number of aromatic nitrogens is 2. The van der Waals surface area contributed by atoms with Gasteiger partial charge in [-0.2, -0.15) is 0 Å². The molecule has 0 aliphatic rings. The maximum atomic E-state index is 11.8. The highest BCUT2D eigenvalue weighted by Gasteiger charge is 2.15. The van der Waals surface area contributed by atoms with E-state index in [1.165, 1.54) is 12.5 Å². The standard InChI is InChI=1S/C15H20N4O5S2/c16-10(15(23)24)3-1-2-6-18-13(25)9-7-17-8-19-14(9)26-12(22)5-4-11(20)21/h7-8,10H,1-6,16H2,(H,18,25)(H,20,21)(H,23,24)/t10-/m0/s1. The van der Waals surface area contributed by atoms with Gasteiger partial charge < -0.3 is 21.3 Å². The van der Waals surface area contributed by atoms with E-state index in [0.29, 0.717) is 41.4 Å². The minimum atomic E-state index is -1.04. The van der Waals surface area contributed by atoms with Crippen molar-refractivity contribution < 1.29 is 24.6 Å². The van der Waals surface area contributed by atoms with Crippen molar-refractivity contribution in [2.24, 2.45) is 5.73 Å². The van der Waals surface area contributed by atoms with E-state index in [1.54, 1.807) is 0 Å². The zero-order valence-electron chi connectivity index (χ0n) is 13.9. The summed E-state index contributed by atoms with van der Waals surface area (Å²) < 4.78 is 0. The number of thioether (sulfide) groups is 1. The Bertz CT molecular complexity index is 671. The first kappa shape index (κ1) is 21.9. The monoisotopic (exact) mass is 400 g/mol. The van der Waals surface area contributed by atoms with Crippen LogP contribution in [0.1, 0.15) is 37.7 Å². The molecule has 0 amide bonds. The van der Waals surface area contributed by atoms with Crippen molar-refractivity contribution in [3.05, 3.63) is 18.1 Å². The molecule has 0 aromatic carbocycles. The van der Waals surface area contributed by atoms with Gasteiger partial charge in [0, 0.05) is 19.2 Å². The van der Waals surface area contributed by atoms with E-state index in [1.807, 2.05) is 0 Å². The molecule has 5 N–H and O–H groups in total. The number of carboxylic acids is 2. The third-order valence-corrected chi connectivity index (χ3v) is 4.53. The second-order valence-electron chi connectivity index (χ2n) is 5.31. The normalized spacial score (nSPS) is 11.6. The van der Waals surface area contributed by atoms with Crippen molar-refractivity contribution in [3.8, 4) is 0 Å². The number of thiocarbonyl (C=S) groups is 1. The van der Waals surface area contributed by atoms with Crippen LogP contribution in [0.2, 0.25) is 0 Å². The number of nitrogens with zero attached hydrogens (tertiary/aromatic N) is 2. The number of carbonyl (C=O) groups is 3. The minimum absolute atomic E-state index is 0.104. The molecule has 1 aromatic heterocycles. The molecule has 0 aliphatic heterocycles. The molecule has 11 heteroatoms. The molecule has 0 radical (unpaired) electrons. The van der Waals surface area contributed by atoms with Gasteiger partial charge in [0.05, 0.1) is 12.0 Å². The van der Waals surface area contributed by atoms with Crippen LogP contribution in [0.5, 0.6) is 0 Å². The number of nitrogens with one attached hydrogen (secondary N) is 1. The average molecular weight is 400 g/mol. The molecule has 0 spiro atoms. The third-order valence-electron chi connectivity index (χ3n) is 3.22. The number of rotatable bonds is 11. The fourth-order valence-electron chi connectivity index (χ4n) is 1.83. The lowest BCUT2D eigenvalue weighted by molar-refractivity contribution is -0.139. The predicted octanol–water partition coefficient (Wildman–Crippen LogP) is 0.807. The molecular formula is C15H20N4O5S2. The maximum Gasteiger partial charge on any atom is 0.320 e. The minimum Gasteiger partial charge on any atom is -0.481 e. The number of unbranched alkanes of at least 4 members (excludes halogenated alkanes) is 1. The van der Waals surface area contributed by atoms with Gasteiger partial charge in [0.25, 0.3) is 0 Å². The molecule has 0 bridgehead atoms. The van der Waals surface area contributed by atoms with Gasteiger partial charge in [-0.3, -0.25) is 14.4 Å². The van der Waals surface area contributed by atoms with E-state index >= 15 is 0 Å². The zero-order chi connectivity index (χ0) is 19.5. The molecule has 0 saturated carbocycles. The van der Waals surface area contributed by atoms with Crippen LogP contribution >= 0.6 is 24.0 Å². The van der Waals surface area contributed by atoms with Gasteiger partial charge in [0.15, 0.2) is 5.12 Å². The van der Waals surface area contributed by atoms with E-state index in [0.717, 1.165) is 11.8 Å². The van der Waals surface area contributed by atoms with Crippen LogP contribution in [0.15, 0.2) is 17.6 Å². The summed E-state index contributed by atoms with van der Waals surface area (Å²) in [5.74, 6) is -2.06. The molecule has 0 aliphatic carbocycles. The van der Waals surface area contributed by atoms with Crippen LogP contribution in [-0.2, 0) is 14.4 Å². The molecule has 1 rings (SSSR count). The van der Waals surface area contributed by atoms with Crippen molar-refractivity contribution in [3.63, 3.8) is 0 Å². The summed E-state index contributed by atoms with van der Waals surface area (Å²) >= 11 is 6.11. The van der Waals surface area contributed by atoms with Crippen molar-refractivity contribution in [2.75, 3.05) is 6.54 Å². The Hall–Kier alpha value is -2.11. The van der Waals surface area contributed by atoms with Gasteiger partial charge >= 0.3 is 11.9 Å². The molecule has 0 fully saturated rings. The number of carboxylic acid groups (broad SMARTS) is 2. The Morgan fingerprint density at radius 3 is 2.65 bits per heavy atom. The molecule has 26 heavy (non-hydrogen) atoms. The van der Waals surface area contributed by atoms with E-state index in [4.69, 9.17) is 28.2 Å². The van der Waals surface area contributed by atoms with Gasteiger partial charge in [0.1, 0.15) is 22.4 Å². The summed E-state index contributed by atoms with van der Waals surface area (Å²) in [5.41, 5.74) is 5.91. The highest BCUT2D eigenvalue weighted by atomic mass is 32.2. The number of carbonyl (C=O) groups excluding carboxylic acids is 1. The first-order valence-corrected chi connectivity index (χ1v) is 9.02. The second kappa shape index (κ2) is 11.5. The van der Waals surface area contributed by atoms with Gasteiger partial charge in [-0.1, -0.05) is 12.2 Å². The van der Waals surface area contributed by atoms with Crippen molar-refractivity contribution in [1.82, 2.24) is 15.3 Å². The van der Waals surface area contributed by atoms with Gasteiger partial charge in [-0.05, 0) is 31.0 Å². The molecule has 9 nitrogen and oxygen atoms in total. The summed E-state index contributed by atoms with van der Waals surface area (Å²) in [6.07, 6.45) is 4.10. The summed E-state index contributed by atoms with van der Waals surface area (Å²) in [5, 5.41) is 20.4. The van der Waals surface area contributed by atoms with Gasteiger partial charge in [-0.15, -0.1) is 0 Å². The Balaban J connectivity index is 2.50. The molecule has 1 aromatic rings. The molecule has 0 saturated heterocycles. The van der Waals surface area contributed by atoms with E-state index < -0.39 is 18.0 Å². The summed E-state index contributed by atoms with van der Waals surface area (Å²) in [4.78, 5) is 41.3. The lowest BCUT2D eigenvalue weighted by Gasteiger charge is -2.11. The molecule has 1 heterocycles. The largest absolute Gasteiger partial charge is 0.481 e. The predicted molar refractivity (Wildman–Crippen MR) is 98.9 cm³/mol. The molecule has 1 atom stereocenters. The number of nitrogens with two attached hydrogens (primary N) is 1. The Labute approximate surface area is 159 Å². The van der Waals surface area contributed by atoms with Crippen LogP contribution < -0.4 is 11.1 Å². The van der Waals surface area contributed by atoms with Crippen LogP contribution in [0, 0.1) is 0 Å². The van der Waals surface area contributed by atoms with Crippen molar-refractivity contribution in [1.29, 1.82) is 0 Å². The van der Waals surface area contributed by atoms with Crippen LogP contribution in [0.3, 0.4) is 0 Å². The highest BCUT2D eigenvalue weighted by Crippen LogP contribution is 2.22. The van der Waals surface area contributed by atoms with Crippen molar-refractivity contribution in [2.45, 2.75) is 43.2 Å². The van der Waals surface area contributed by atoms with Gasteiger partial charge in [0.2, 0.25) is 0 Å². The fourth-order valence-corrected chi connectivity index (χ4v) is 2.93. The first-order chi connectivity index (χ1) is 12.3. The smallest absolute Gasteiger partial charge is 0.320 e. The summed E-state index contributed by atoms with van der Waals surface area (Å²) in [7, 11) is 0. The maximum absolute atomic E-state index is 11.8. The summed E-state index contributed by atoms with van der Waals surface area (Å²) in [6, 6.07) is -0.871. The average Bonchev–Trinajstić information content (AvgIpc) is 2.59. The van der Waals surface area contributed by atoms with E-state index in [-0.39, 0.29) is 18.0 Å². The van der Waals surface area contributed by atoms with E-state index in [9.17, 15) is 14.4 Å².